The van der Waals surface area contributed by atoms with Crippen molar-refractivity contribution in [1.82, 2.24) is 9.71 Å². The molecule has 0 aliphatic rings. The third kappa shape index (κ3) is 3.31. The molecule has 0 amide bonds. The molecule has 1 aromatic heterocycles. The summed E-state index contributed by atoms with van der Waals surface area (Å²) in [6, 6.07) is 1.38. The third-order valence-corrected chi connectivity index (χ3v) is 3.62. The first-order valence-electron chi connectivity index (χ1n) is 5.04. The van der Waals surface area contributed by atoms with Crippen LogP contribution in [0.2, 0.25) is 0 Å². The normalized spacial score (nSPS) is 13.4. The van der Waals surface area contributed by atoms with Crippen LogP contribution >= 0.6 is 0 Å². The van der Waals surface area contributed by atoms with Crippen LogP contribution in [0.15, 0.2) is 23.4 Å². The number of rotatable bonds is 5. The van der Waals surface area contributed by atoms with Gasteiger partial charge in [-0.2, -0.15) is 4.72 Å². The summed E-state index contributed by atoms with van der Waals surface area (Å²) in [4.78, 5) is 14.7. The molecule has 1 aromatic rings. The fourth-order valence-electron chi connectivity index (χ4n) is 1.23. The van der Waals surface area contributed by atoms with Crippen molar-refractivity contribution < 1.29 is 17.6 Å². The topological polar surface area (TPSA) is 76.1 Å². The van der Waals surface area contributed by atoms with E-state index >= 15 is 0 Å². The Balaban J connectivity index is 2.98. The molecule has 5 nitrogen and oxygen atoms in total. The van der Waals surface area contributed by atoms with E-state index < -0.39 is 26.9 Å². The largest absolute Gasteiger partial charge is 0.298 e. The Kier molecular flexibility index (Phi) is 4.30. The maximum absolute atomic E-state index is 13.3. The number of carbonyl (C=O) groups is 1. The molecular formula is C10H13FN2O3S. The van der Waals surface area contributed by atoms with Crippen molar-refractivity contribution in [3.05, 3.63) is 24.1 Å². The van der Waals surface area contributed by atoms with Crippen molar-refractivity contribution in [1.29, 1.82) is 0 Å². The maximum Gasteiger partial charge on any atom is 0.261 e. The van der Waals surface area contributed by atoms with Crippen molar-refractivity contribution in [2.45, 2.75) is 31.3 Å². The predicted octanol–water partition coefficient (Wildman–Crippen LogP) is 0.867. The number of aromatic nitrogens is 1. The van der Waals surface area contributed by atoms with Gasteiger partial charge in [0.2, 0.25) is 5.03 Å². The minimum Gasteiger partial charge on any atom is -0.298 e. The van der Waals surface area contributed by atoms with Gasteiger partial charge in [0.15, 0.2) is 5.82 Å². The van der Waals surface area contributed by atoms with E-state index in [9.17, 15) is 17.6 Å². The van der Waals surface area contributed by atoms with E-state index in [1.54, 1.807) is 6.92 Å². The minimum atomic E-state index is -4.10. The van der Waals surface area contributed by atoms with Gasteiger partial charge in [-0.25, -0.2) is 17.8 Å². The second kappa shape index (κ2) is 5.33. The summed E-state index contributed by atoms with van der Waals surface area (Å²) >= 11 is 0. The van der Waals surface area contributed by atoms with E-state index in [1.165, 1.54) is 19.2 Å². The van der Waals surface area contributed by atoms with Gasteiger partial charge in [-0.1, -0.05) is 6.92 Å². The monoisotopic (exact) mass is 260 g/mol. The van der Waals surface area contributed by atoms with Crippen LogP contribution in [0.5, 0.6) is 0 Å². The van der Waals surface area contributed by atoms with E-state index in [0.717, 1.165) is 6.07 Å². The molecule has 1 atom stereocenters. The summed E-state index contributed by atoms with van der Waals surface area (Å²) in [5.41, 5.74) is 0. The second-order valence-electron chi connectivity index (χ2n) is 3.45. The lowest BCUT2D eigenvalue weighted by molar-refractivity contribution is -0.119. The summed E-state index contributed by atoms with van der Waals surface area (Å²) in [6.45, 7) is 3.03. The molecule has 0 bridgehead atoms. The van der Waals surface area contributed by atoms with Gasteiger partial charge >= 0.3 is 0 Å². The number of sulfonamides is 1. The van der Waals surface area contributed by atoms with Crippen molar-refractivity contribution >= 4 is 15.8 Å². The number of nitrogens with one attached hydrogen (secondary N) is 1. The van der Waals surface area contributed by atoms with Gasteiger partial charge in [0.25, 0.3) is 10.0 Å². The Morgan fingerprint density at radius 3 is 2.76 bits per heavy atom. The maximum atomic E-state index is 13.3. The van der Waals surface area contributed by atoms with E-state index in [-0.39, 0.29) is 12.2 Å². The van der Waals surface area contributed by atoms with E-state index in [4.69, 9.17) is 0 Å². The number of ketones is 1. The summed E-state index contributed by atoms with van der Waals surface area (Å²) in [5.74, 6) is -1.22. The number of hydrogen-bond donors (Lipinski definition) is 1. The first kappa shape index (κ1) is 13.7. The fourth-order valence-corrected chi connectivity index (χ4v) is 2.46. The molecule has 1 rings (SSSR count). The van der Waals surface area contributed by atoms with Gasteiger partial charge in [0.05, 0.1) is 6.04 Å². The number of nitrogens with zero attached hydrogens (tertiary/aromatic N) is 1. The first-order chi connectivity index (χ1) is 7.88. The van der Waals surface area contributed by atoms with E-state index in [0.29, 0.717) is 0 Å². The highest BCUT2D eigenvalue weighted by atomic mass is 32.2. The average Bonchev–Trinajstić information content (AvgIpc) is 2.27. The number of carbonyl (C=O) groups excluding carboxylic acids is 1. The highest BCUT2D eigenvalue weighted by Gasteiger charge is 2.24. The molecule has 0 radical (unpaired) electrons. The lowest BCUT2D eigenvalue weighted by Gasteiger charge is -2.11. The molecule has 0 aliphatic heterocycles. The fraction of sp³-hybridized carbons (Fsp3) is 0.400. The van der Waals surface area contributed by atoms with Crippen molar-refractivity contribution in [2.24, 2.45) is 0 Å². The van der Waals surface area contributed by atoms with Crippen molar-refractivity contribution in [2.75, 3.05) is 0 Å². The zero-order chi connectivity index (χ0) is 13.1. The van der Waals surface area contributed by atoms with E-state index in [1.807, 2.05) is 0 Å². The van der Waals surface area contributed by atoms with Gasteiger partial charge in [-0.3, -0.25) is 4.79 Å². The lowest BCUT2D eigenvalue weighted by atomic mass is 10.2. The molecule has 0 aliphatic carbocycles. The number of Topliss-reactive ketones (excluding diaryl/α,β-unsaturated/α-hetero) is 1. The highest BCUT2D eigenvalue weighted by molar-refractivity contribution is 7.89. The van der Waals surface area contributed by atoms with Crippen molar-refractivity contribution in [3.63, 3.8) is 0 Å². The van der Waals surface area contributed by atoms with Crippen LogP contribution in [-0.2, 0) is 14.8 Å². The van der Waals surface area contributed by atoms with Crippen LogP contribution in [0.3, 0.4) is 0 Å². The Labute approximate surface area is 99.1 Å². The van der Waals surface area contributed by atoms with Crippen LogP contribution in [0.1, 0.15) is 20.3 Å². The van der Waals surface area contributed by atoms with Gasteiger partial charge in [0.1, 0.15) is 5.78 Å². The molecule has 0 saturated heterocycles. The molecule has 1 heterocycles. The van der Waals surface area contributed by atoms with Crippen LogP contribution in [0.4, 0.5) is 4.39 Å². The third-order valence-electron chi connectivity index (χ3n) is 2.14. The Morgan fingerprint density at radius 2 is 2.24 bits per heavy atom. The van der Waals surface area contributed by atoms with Crippen molar-refractivity contribution in [3.8, 4) is 0 Å². The summed E-state index contributed by atoms with van der Waals surface area (Å²) in [7, 11) is -4.10. The van der Waals surface area contributed by atoms with Gasteiger partial charge in [0, 0.05) is 12.6 Å². The van der Waals surface area contributed by atoms with Crippen LogP contribution < -0.4 is 4.72 Å². The minimum absolute atomic E-state index is 0.203. The van der Waals surface area contributed by atoms with Crippen LogP contribution in [0.25, 0.3) is 0 Å². The summed E-state index contributed by atoms with van der Waals surface area (Å²) in [5, 5.41) is -0.698. The number of hydrogen-bond acceptors (Lipinski definition) is 4. The highest BCUT2D eigenvalue weighted by Crippen LogP contribution is 2.10. The second-order valence-corrected chi connectivity index (χ2v) is 5.08. The Morgan fingerprint density at radius 1 is 1.59 bits per heavy atom. The Hall–Kier alpha value is -1.34. The van der Waals surface area contributed by atoms with Gasteiger partial charge in [-0.05, 0) is 19.1 Å². The number of halogens is 1. The predicted molar refractivity (Wildman–Crippen MR) is 59.3 cm³/mol. The standard InChI is InChI=1S/C10H13FN2O3S/c1-3-9(14)7(2)13-17(15,16)10-8(11)5-4-6-12-10/h4-7,13H,3H2,1-2H3. The van der Waals surface area contributed by atoms with Crippen LogP contribution in [0, 0.1) is 5.82 Å². The zero-order valence-corrected chi connectivity index (χ0v) is 10.3. The molecule has 0 saturated carbocycles. The molecule has 0 fully saturated rings. The molecule has 1 unspecified atom stereocenters. The molecule has 0 spiro atoms. The molecule has 7 heteroatoms. The zero-order valence-electron chi connectivity index (χ0n) is 9.47. The Bertz CT molecular complexity index is 516. The van der Waals surface area contributed by atoms with Gasteiger partial charge in [-0.15, -0.1) is 0 Å². The summed E-state index contributed by atoms with van der Waals surface area (Å²) < 4.78 is 38.8. The number of pyridine rings is 1. The SMILES string of the molecule is CCC(=O)C(C)NS(=O)(=O)c1ncccc1F. The first-order valence-corrected chi connectivity index (χ1v) is 6.52. The molecular weight excluding hydrogens is 247 g/mol. The smallest absolute Gasteiger partial charge is 0.261 e. The molecule has 94 valence electrons. The molecule has 0 aromatic carbocycles. The van der Waals surface area contributed by atoms with Crippen LogP contribution in [-0.4, -0.2) is 25.2 Å². The molecule has 17 heavy (non-hydrogen) atoms. The quantitative estimate of drug-likeness (QED) is 0.852. The molecule has 1 N–H and O–H groups in total. The summed E-state index contributed by atoms with van der Waals surface area (Å²) in [6.07, 6.45) is 1.37. The average molecular weight is 260 g/mol. The van der Waals surface area contributed by atoms with E-state index in [2.05, 4.69) is 9.71 Å². The lowest BCUT2D eigenvalue weighted by Crippen LogP contribution is -2.38. The van der Waals surface area contributed by atoms with Gasteiger partial charge < -0.3 is 0 Å².